The summed E-state index contributed by atoms with van der Waals surface area (Å²) in [6.45, 7) is 1.74. The van der Waals surface area contributed by atoms with Gasteiger partial charge in [-0.25, -0.2) is 9.97 Å². The van der Waals surface area contributed by atoms with Gasteiger partial charge in [-0.1, -0.05) is 42.5 Å². The Kier molecular flexibility index (Phi) is 4.72. The Labute approximate surface area is 161 Å². The smallest absolute Gasteiger partial charge is 0.261 e. The molecule has 7 heteroatoms. The Morgan fingerprint density at radius 1 is 1.11 bits per heavy atom. The van der Waals surface area contributed by atoms with Crippen LogP contribution in [0.4, 0.5) is 0 Å². The van der Waals surface area contributed by atoms with Crippen LogP contribution >= 0.6 is 0 Å². The number of hydrogen-bond donors (Lipinski definition) is 2. The summed E-state index contributed by atoms with van der Waals surface area (Å²) in [5.41, 5.74) is 2.28. The molecule has 0 spiro atoms. The van der Waals surface area contributed by atoms with Gasteiger partial charge in [0.1, 0.15) is 12.4 Å². The molecule has 7 nitrogen and oxygen atoms in total. The SMILES string of the molecule is CC(NC(=O)Cn1cnc2ccccc2c1=O)c1ncc(-c2ccccc2)[nH]1. The number of carbonyl (C=O) groups excluding carboxylic acids is 1. The van der Waals surface area contributed by atoms with E-state index in [4.69, 9.17) is 0 Å². The summed E-state index contributed by atoms with van der Waals surface area (Å²) in [5.74, 6) is 0.362. The van der Waals surface area contributed by atoms with Crippen molar-refractivity contribution in [1.82, 2.24) is 24.8 Å². The molecule has 2 heterocycles. The van der Waals surface area contributed by atoms with Gasteiger partial charge >= 0.3 is 0 Å². The number of rotatable bonds is 5. The molecule has 2 aromatic carbocycles. The average molecular weight is 373 g/mol. The van der Waals surface area contributed by atoms with Gasteiger partial charge in [-0.2, -0.15) is 0 Å². The van der Waals surface area contributed by atoms with Gasteiger partial charge in [-0.15, -0.1) is 0 Å². The second kappa shape index (κ2) is 7.48. The van der Waals surface area contributed by atoms with E-state index in [1.54, 1.807) is 24.4 Å². The van der Waals surface area contributed by atoms with Crippen LogP contribution in [0.5, 0.6) is 0 Å². The Morgan fingerprint density at radius 2 is 1.86 bits per heavy atom. The molecule has 0 bridgehead atoms. The van der Waals surface area contributed by atoms with Crippen molar-refractivity contribution in [3.63, 3.8) is 0 Å². The molecular weight excluding hydrogens is 354 g/mol. The van der Waals surface area contributed by atoms with Crippen LogP contribution < -0.4 is 10.9 Å². The van der Waals surface area contributed by atoms with E-state index in [1.165, 1.54) is 10.9 Å². The van der Waals surface area contributed by atoms with Crippen LogP contribution in [0.25, 0.3) is 22.2 Å². The van der Waals surface area contributed by atoms with E-state index in [-0.39, 0.29) is 24.1 Å². The number of amides is 1. The summed E-state index contributed by atoms with van der Waals surface area (Å²) < 4.78 is 1.31. The maximum absolute atomic E-state index is 12.5. The van der Waals surface area contributed by atoms with Gasteiger partial charge in [-0.3, -0.25) is 14.2 Å². The highest BCUT2D eigenvalue weighted by Gasteiger charge is 2.15. The Bertz CT molecular complexity index is 1180. The number of fused-ring (bicyclic) bond motifs is 1. The van der Waals surface area contributed by atoms with Crippen molar-refractivity contribution in [1.29, 1.82) is 0 Å². The number of hydrogen-bond acceptors (Lipinski definition) is 4. The third kappa shape index (κ3) is 3.55. The predicted octanol–water partition coefficient (Wildman–Crippen LogP) is 2.66. The highest BCUT2D eigenvalue weighted by atomic mass is 16.2. The van der Waals surface area contributed by atoms with Crippen molar-refractivity contribution in [2.75, 3.05) is 0 Å². The minimum Gasteiger partial charge on any atom is -0.345 e. The van der Waals surface area contributed by atoms with Gasteiger partial charge in [0.2, 0.25) is 5.91 Å². The maximum atomic E-state index is 12.5. The summed E-state index contributed by atoms with van der Waals surface area (Å²) in [4.78, 5) is 36.7. The summed E-state index contributed by atoms with van der Waals surface area (Å²) >= 11 is 0. The van der Waals surface area contributed by atoms with Crippen molar-refractivity contribution in [3.8, 4) is 11.3 Å². The molecule has 1 amide bonds. The van der Waals surface area contributed by atoms with Crippen LogP contribution in [0.1, 0.15) is 18.8 Å². The fourth-order valence-corrected chi connectivity index (χ4v) is 3.05. The first-order valence-corrected chi connectivity index (χ1v) is 8.95. The number of carbonyl (C=O) groups is 1. The van der Waals surface area contributed by atoms with Crippen LogP contribution in [-0.4, -0.2) is 25.4 Å². The number of nitrogens with one attached hydrogen (secondary N) is 2. The number of H-pyrrole nitrogens is 1. The van der Waals surface area contributed by atoms with E-state index >= 15 is 0 Å². The van der Waals surface area contributed by atoms with Gasteiger partial charge in [-0.05, 0) is 24.6 Å². The molecule has 2 N–H and O–H groups in total. The first kappa shape index (κ1) is 17.7. The van der Waals surface area contributed by atoms with Gasteiger partial charge in [0, 0.05) is 0 Å². The Balaban J connectivity index is 1.46. The van der Waals surface area contributed by atoms with E-state index in [0.717, 1.165) is 11.3 Å². The number of benzene rings is 2. The first-order chi connectivity index (χ1) is 13.6. The fraction of sp³-hybridized carbons (Fsp3) is 0.143. The number of imidazole rings is 1. The Morgan fingerprint density at radius 3 is 2.68 bits per heavy atom. The lowest BCUT2D eigenvalue weighted by Gasteiger charge is -2.12. The predicted molar refractivity (Wildman–Crippen MR) is 107 cm³/mol. The molecular formula is C21H19N5O2. The monoisotopic (exact) mass is 373 g/mol. The lowest BCUT2D eigenvalue weighted by molar-refractivity contribution is -0.122. The molecule has 0 saturated carbocycles. The van der Waals surface area contributed by atoms with E-state index in [9.17, 15) is 9.59 Å². The molecule has 0 saturated heterocycles. The van der Waals surface area contributed by atoms with Crippen molar-refractivity contribution in [2.24, 2.45) is 0 Å². The van der Waals surface area contributed by atoms with E-state index in [0.29, 0.717) is 16.7 Å². The zero-order chi connectivity index (χ0) is 19.5. The van der Waals surface area contributed by atoms with Gasteiger partial charge < -0.3 is 10.3 Å². The zero-order valence-corrected chi connectivity index (χ0v) is 15.3. The molecule has 2 aromatic heterocycles. The van der Waals surface area contributed by atoms with Crippen molar-refractivity contribution >= 4 is 16.8 Å². The minimum absolute atomic E-state index is 0.104. The lowest BCUT2D eigenvalue weighted by Crippen LogP contribution is -2.34. The van der Waals surface area contributed by atoms with Crippen molar-refractivity contribution in [2.45, 2.75) is 19.5 Å². The highest BCUT2D eigenvalue weighted by molar-refractivity contribution is 5.79. The van der Waals surface area contributed by atoms with E-state index in [2.05, 4.69) is 20.3 Å². The quantitative estimate of drug-likeness (QED) is 0.562. The average Bonchev–Trinajstić information content (AvgIpc) is 3.21. The van der Waals surface area contributed by atoms with Crippen LogP contribution in [0.15, 0.2) is 71.9 Å². The molecule has 1 atom stereocenters. The van der Waals surface area contributed by atoms with Gasteiger partial charge in [0.25, 0.3) is 5.56 Å². The number of para-hydroxylation sites is 1. The molecule has 1 unspecified atom stereocenters. The standard InChI is InChI=1S/C21H19N5O2/c1-14(20-22-11-18(25-20)15-7-3-2-4-8-15)24-19(27)12-26-13-23-17-10-6-5-9-16(17)21(26)28/h2-11,13-14H,12H2,1H3,(H,22,25)(H,24,27). The molecule has 4 aromatic rings. The second-order valence-electron chi connectivity index (χ2n) is 6.53. The molecule has 140 valence electrons. The molecule has 0 radical (unpaired) electrons. The molecule has 0 aliphatic heterocycles. The number of aromatic amines is 1. The van der Waals surface area contributed by atoms with Crippen LogP contribution in [0.2, 0.25) is 0 Å². The van der Waals surface area contributed by atoms with Crippen LogP contribution in [-0.2, 0) is 11.3 Å². The summed E-state index contributed by atoms with van der Waals surface area (Å²) in [5, 5.41) is 3.35. The number of aromatic nitrogens is 4. The molecule has 28 heavy (non-hydrogen) atoms. The fourth-order valence-electron chi connectivity index (χ4n) is 3.05. The molecule has 4 rings (SSSR count). The first-order valence-electron chi connectivity index (χ1n) is 8.95. The third-order valence-electron chi connectivity index (χ3n) is 4.51. The highest BCUT2D eigenvalue weighted by Crippen LogP contribution is 2.18. The molecule has 0 fully saturated rings. The molecule has 0 aliphatic carbocycles. The summed E-state index contributed by atoms with van der Waals surface area (Å²) in [7, 11) is 0. The summed E-state index contributed by atoms with van der Waals surface area (Å²) in [6, 6.07) is 16.6. The van der Waals surface area contributed by atoms with Crippen molar-refractivity contribution in [3.05, 3.63) is 83.3 Å². The van der Waals surface area contributed by atoms with Gasteiger partial charge in [0.15, 0.2) is 0 Å². The van der Waals surface area contributed by atoms with Crippen LogP contribution in [0, 0.1) is 0 Å². The normalized spacial score (nSPS) is 12.0. The second-order valence-corrected chi connectivity index (χ2v) is 6.53. The Hall–Kier alpha value is -3.74. The largest absolute Gasteiger partial charge is 0.345 e. The minimum atomic E-state index is -0.325. The maximum Gasteiger partial charge on any atom is 0.261 e. The lowest BCUT2D eigenvalue weighted by atomic mass is 10.2. The third-order valence-corrected chi connectivity index (χ3v) is 4.51. The van der Waals surface area contributed by atoms with Crippen LogP contribution in [0.3, 0.4) is 0 Å². The van der Waals surface area contributed by atoms with E-state index < -0.39 is 0 Å². The summed E-state index contributed by atoms with van der Waals surface area (Å²) in [6.07, 6.45) is 3.14. The van der Waals surface area contributed by atoms with Gasteiger partial charge in [0.05, 0.1) is 35.2 Å². The number of nitrogens with zero attached hydrogens (tertiary/aromatic N) is 3. The zero-order valence-electron chi connectivity index (χ0n) is 15.3. The topological polar surface area (TPSA) is 92.7 Å². The molecule has 0 aliphatic rings. The van der Waals surface area contributed by atoms with E-state index in [1.807, 2.05) is 43.3 Å². The van der Waals surface area contributed by atoms with Crippen molar-refractivity contribution < 1.29 is 4.79 Å².